The average Bonchev–Trinajstić information content (AvgIpc) is 2.49. The van der Waals surface area contributed by atoms with Crippen molar-refractivity contribution in [1.82, 2.24) is 15.0 Å². The maximum atomic E-state index is 11.7. The van der Waals surface area contributed by atoms with Crippen molar-refractivity contribution < 1.29 is 14.3 Å². The lowest BCUT2D eigenvalue weighted by Gasteiger charge is -2.09. The first-order valence-electron chi connectivity index (χ1n) is 6.04. The smallest absolute Gasteiger partial charge is 0.358 e. The standard InChI is InChI=1S/C13H12ClN5O3/c1-5(20)7-4-3-6(10(15)17-7)12-18-9(13(21)22-2)8(14)11(16)19-12/h3-4H,1-2H3,(H2,15,17)(H2,16,18,19). The maximum absolute atomic E-state index is 11.7. The molecule has 2 rings (SSSR count). The number of hydrogen-bond donors (Lipinski definition) is 2. The average molecular weight is 322 g/mol. The Bertz CT molecular complexity index is 779. The Morgan fingerprint density at radius 2 is 1.82 bits per heavy atom. The van der Waals surface area contributed by atoms with Crippen LogP contribution >= 0.6 is 11.6 Å². The van der Waals surface area contributed by atoms with E-state index in [1.807, 2.05) is 0 Å². The summed E-state index contributed by atoms with van der Waals surface area (Å²) in [6, 6.07) is 2.99. The number of carbonyl (C=O) groups excluding carboxylic acids is 2. The van der Waals surface area contributed by atoms with E-state index in [-0.39, 0.29) is 39.7 Å². The molecule has 0 aromatic carbocycles. The van der Waals surface area contributed by atoms with Crippen LogP contribution in [-0.4, -0.2) is 33.8 Å². The minimum Gasteiger partial charge on any atom is -0.464 e. The van der Waals surface area contributed by atoms with Crippen LogP contribution in [0.2, 0.25) is 5.02 Å². The predicted octanol–water partition coefficient (Wildman–Crippen LogP) is 1.35. The number of methoxy groups -OCH3 is 1. The summed E-state index contributed by atoms with van der Waals surface area (Å²) >= 11 is 5.89. The van der Waals surface area contributed by atoms with E-state index in [0.717, 1.165) is 0 Å². The summed E-state index contributed by atoms with van der Waals surface area (Å²) in [5.74, 6) is -0.993. The lowest BCUT2D eigenvalue weighted by molar-refractivity contribution is 0.0594. The Morgan fingerprint density at radius 1 is 1.14 bits per heavy atom. The number of nitrogens with two attached hydrogens (primary N) is 2. The molecule has 4 N–H and O–H groups in total. The molecule has 9 heteroatoms. The number of aromatic nitrogens is 3. The van der Waals surface area contributed by atoms with Gasteiger partial charge in [0.05, 0.1) is 12.7 Å². The summed E-state index contributed by atoms with van der Waals surface area (Å²) in [6.07, 6.45) is 0. The highest BCUT2D eigenvalue weighted by Crippen LogP contribution is 2.27. The van der Waals surface area contributed by atoms with Gasteiger partial charge in [0.2, 0.25) is 0 Å². The van der Waals surface area contributed by atoms with Gasteiger partial charge in [-0.25, -0.2) is 19.7 Å². The Kier molecular flexibility index (Phi) is 4.22. The summed E-state index contributed by atoms with van der Waals surface area (Å²) in [6.45, 7) is 1.37. The molecule has 0 unspecified atom stereocenters. The lowest BCUT2D eigenvalue weighted by Crippen LogP contribution is -2.11. The third-order valence-corrected chi connectivity index (χ3v) is 3.15. The van der Waals surface area contributed by atoms with Gasteiger partial charge in [0.1, 0.15) is 22.4 Å². The molecule has 2 heterocycles. The monoisotopic (exact) mass is 321 g/mol. The number of esters is 1. The van der Waals surface area contributed by atoms with Gasteiger partial charge in [-0.05, 0) is 12.1 Å². The first kappa shape index (κ1) is 15.6. The van der Waals surface area contributed by atoms with Crippen LogP contribution in [0, 0.1) is 0 Å². The van der Waals surface area contributed by atoms with E-state index in [2.05, 4.69) is 19.7 Å². The second kappa shape index (κ2) is 5.94. The number of nitrogen functional groups attached to an aromatic ring is 2. The predicted molar refractivity (Wildman–Crippen MR) is 80.4 cm³/mol. The van der Waals surface area contributed by atoms with Gasteiger partial charge in [-0.1, -0.05) is 11.6 Å². The fraction of sp³-hybridized carbons (Fsp3) is 0.154. The highest BCUT2D eigenvalue weighted by atomic mass is 35.5. The summed E-state index contributed by atoms with van der Waals surface area (Å²) in [7, 11) is 1.19. The van der Waals surface area contributed by atoms with E-state index in [9.17, 15) is 9.59 Å². The molecule has 2 aromatic rings. The van der Waals surface area contributed by atoms with E-state index in [1.54, 1.807) is 0 Å². The molecule has 0 saturated carbocycles. The van der Waals surface area contributed by atoms with Crippen molar-refractivity contribution >= 4 is 35.0 Å². The zero-order valence-corrected chi connectivity index (χ0v) is 12.5. The van der Waals surface area contributed by atoms with Gasteiger partial charge in [0, 0.05) is 6.92 Å². The lowest BCUT2D eigenvalue weighted by atomic mass is 10.2. The highest BCUT2D eigenvalue weighted by molar-refractivity contribution is 6.35. The highest BCUT2D eigenvalue weighted by Gasteiger charge is 2.20. The van der Waals surface area contributed by atoms with Crippen LogP contribution in [0.5, 0.6) is 0 Å². The molecule has 0 bridgehead atoms. The van der Waals surface area contributed by atoms with Gasteiger partial charge in [-0.2, -0.15) is 0 Å². The third kappa shape index (κ3) is 2.82. The molecule has 22 heavy (non-hydrogen) atoms. The number of rotatable bonds is 3. The molecule has 0 atom stereocenters. The summed E-state index contributed by atoms with van der Waals surface area (Å²) in [5, 5.41) is -0.109. The Morgan fingerprint density at radius 3 is 2.36 bits per heavy atom. The van der Waals surface area contributed by atoms with Crippen molar-refractivity contribution in [1.29, 1.82) is 0 Å². The van der Waals surface area contributed by atoms with Crippen molar-refractivity contribution in [3.8, 4) is 11.4 Å². The van der Waals surface area contributed by atoms with Crippen molar-refractivity contribution in [2.45, 2.75) is 6.92 Å². The molecule has 0 radical (unpaired) electrons. The van der Waals surface area contributed by atoms with Crippen LogP contribution < -0.4 is 11.5 Å². The van der Waals surface area contributed by atoms with Crippen molar-refractivity contribution in [2.24, 2.45) is 0 Å². The molecule has 0 fully saturated rings. The minimum absolute atomic E-state index is 0.0326. The molecule has 0 aliphatic carbocycles. The van der Waals surface area contributed by atoms with Gasteiger partial charge in [-0.3, -0.25) is 4.79 Å². The number of nitrogens with zero attached hydrogens (tertiary/aromatic N) is 3. The Balaban J connectivity index is 2.60. The number of ketones is 1. The van der Waals surface area contributed by atoms with Crippen LogP contribution in [0.25, 0.3) is 11.4 Å². The van der Waals surface area contributed by atoms with Crippen molar-refractivity contribution in [2.75, 3.05) is 18.6 Å². The molecule has 0 amide bonds. The number of hydrogen-bond acceptors (Lipinski definition) is 8. The number of halogens is 1. The van der Waals surface area contributed by atoms with Gasteiger partial charge in [0.25, 0.3) is 0 Å². The summed E-state index contributed by atoms with van der Waals surface area (Å²) in [4.78, 5) is 34.9. The third-order valence-electron chi connectivity index (χ3n) is 2.78. The SMILES string of the molecule is COC(=O)c1nc(-c2ccc(C(C)=O)nc2N)nc(N)c1Cl. The van der Waals surface area contributed by atoms with Crippen molar-refractivity contribution in [3.63, 3.8) is 0 Å². The maximum Gasteiger partial charge on any atom is 0.358 e. The van der Waals surface area contributed by atoms with Crippen LogP contribution in [0.15, 0.2) is 12.1 Å². The molecule has 2 aromatic heterocycles. The van der Waals surface area contributed by atoms with Crippen LogP contribution in [0.4, 0.5) is 11.6 Å². The molecule has 8 nitrogen and oxygen atoms in total. The number of ether oxygens (including phenoxy) is 1. The van der Waals surface area contributed by atoms with Gasteiger partial charge >= 0.3 is 5.97 Å². The van der Waals surface area contributed by atoms with Gasteiger partial charge in [0.15, 0.2) is 17.3 Å². The normalized spacial score (nSPS) is 10.3. The number of pyridine rings is 1. The molecule has 114 valence electrons. The second-order valence-corrected chi connectivity index (χ2v) is 4.65. The zero-order chi connectivity index (χ0) is 16.4. The molecule has 0 saturated heterocycles. The van der Waals surface area contributed by atoms with Crippen LogP contribution in [0.1, 0.15) is 27.9 Å². The van der Waals surface area contributed by atoms with E-state index in [4.69, 9.17) is 23.1 Å². The minimum atomic E-state index is -0.757. The van der Waals surface area contributed by atoms with Gasteiger partial charge < -0.3 is 16.2 Å². The Labute approximate surface area is 130 Å². The summed E-state index contributed by atoms with van der Waals surface area (Å²) < 4.78 is 4.58. The molecular formula is C13H12ClN5O3. The van der Waals surface area contributed by atoms with E-state index in [0.29, 0.717) is 5.56 Å². The van der Waals surface area contributed by atoms with Crippen LogP contribution in [-0.2, 0) is 4.74 Å². The first-order valence-corrected chi connectivity index (χ1v) is 6.42. The quantitative estimate of drug-likeness (QED) is 0.639. The molecule has 0 spiro atoms. The number of Topliss-reactive ketones (excluding diaryl/α,β-unsaturated/α-hetero) is 1. The molecule has 0 aliphatic rings. The largest absolute Gasteiger partial charge is 0.464 e. The molecular weight excluding hydrogens is 310 g/mol. The first-order chi connectivity index (χ1) is 10.3. The fourth-order valence-corrected chi connectivity index (χ4v) is 1.84. The second-order valence-electron chi connectivity index (χ2n) is 4.27. The number of anilines is 2. The topological polar surface area (TPSA) is 134 Å². The van der Waals surface area contributed by atoms with Gasteiger partial charge in [-0.15, -0.1) is 0 Å². The van der Waals surface area contributed by atoms with E-state index in [1.165, 1.54) is 26.2 Å². The van der Waals surface area contributed by atoms with E-state index >= 15 is 0 Å². The molecule has 0 aliphatic heterocycles. The van der Waals surface area contributed by atoms with Crippen molar-refractivity contribution in [3.05, 3.63) is 28.5 Å². The Hall–Kier alpha value is -2.74. The van der Waals surface area contributed by atoms with E-state index < -0.39 is 5.97 Å². The van der Waals surface area contributed by atoms with Crippen LogP contribution in [0.3, 0.4) is 0 Å². The number of carbonyl (C=O) groups is 2. The summed E-state index contributed by atoms with van der Waals surface area (Å²) in [5.41, 5.74) is 11.8. The fourth-order valence-electron chi connectivity index (χ4n) is 1.68. The zero-order valence-electron chi connectivity index (χ0n) is 11.8.